The van der Waals surface area contributed by atoms with E-state index >= 15 is 0 Å². The van der Waals surface area contributed by atoms with E-state index in [2.05, 4.69) is 0 Å². The molecule has 1 rings (SSSR count). The van der Waals surface area contributed by atoms with Gasteiger partial charge < -0.3 is 10.8 Å². The van der Waals surface area contributed by atoms with Crippen LogP contribution in [0, 0.1) is 0 Å². The normalized spacial score (nSPS) is 26.7. The smallest absolute Gasteiger partial charge is 0.324 e. The molecule has 0 aromatic heterocycles. The number of likely N-dealkylation sites (tertiary alicyclic amines) is 1. The van der Waals surface area contributed by atoms with Gasteiger partial charge in [-0.1, -0.05) is 6.92 Å². The minimum atomic E-state index is -0.785. The third-order valence-electron chi connectivity index (χ3n) is 3.23. The molecule has 0 saturated carbocycles. The van der Waals surface area contributed by atoms with Gasteiger partial charge in [-0.3, -0.25) is 14.5 Å². The van der Waals surface area contributed by atoms with E-state index in [-0.39, 0.29) is 12.3 Å². The van der Waals surface area contributed by atoms with Gasteiger partial charge in [0.2, 0.25) is 5.91 Å². The second-order valence-electron chi connectivity index (χ2n) is 4.00. The van der Waals surface area contributed by atoms with Crippen LogP contribution in [0.2, 0.25) is 0 Å². The zero-order chi connectivity index (χ0) is 11.5. The maximum Gasteiger partial charge on any atom is 0.324 e. The van der Waals surface area contributed by atoms with Crippen LogP contribution in [0.3, 0.4) is 0 Å². The highest BCUT2D eigenvalue weighted by atomic mass is 16.4. The summed E-state index contributed by atoms with van der Waals surface area (Å²) < 4.78 is 0. The number of nitrogens with zero attached hydrogens (tertiary/aromatic N) is 1. The van der Waals surface area contributed by atoms with Crippen molar-refractivity contribution in [3.05, 3.63) is 0 Å². The second kappa shape index (κ2) is 4.61. The standard InChI is InChI=1S/C10H18N2O3/c1-2-10(9(14)15)5-3-6-12(10)7-4-8(11)13/h2-7H2,1H3,(H2,11,13)(H,14,15). The van der Waals surface area contributed by atoms with Gasteiger partial charge in [0.1, 0.15) is 5.54 Å². The molecule has 1 atom stereocenters. The summed E-state index contributed by atoms with van der Waals surface area (Å²) in [5, 5.41) is 9.24. The van der Waals surface area contributed by atoms with Gasteiger partial charge in [0, 0.05) is 13.0 Å². The SMILES string of the molecule is CCC1(C(=O)O)CCCN1CCC(N)=O. The lowest BCUT2D eigenvalue weighted by Gasteiger charge is -2.33. The Balaban J connectivity index is 2.69. The molecule has 1 aliphatic heterocycles. The van der Waals surface area contributed by atoms with Crippen LogP contribution >= 0.6 is 0 Å². The molecule has 1 unspecified atom stereocenters. The van der Waals surface area contributed by atoms with Crippen LogP contribution in [0.4, 0.5) is 0 Å². The van der Waals surface area contributed by atoms with Crippen LogP contribution in [-0.4, -0.2) is 40.5 Å². The number of hydrogen-bond acceptors (Lipinski definition) is 3. The zero-order valence-electron chi connectivity index (χ0n) is 9.03. The van der Waals surface area contributed by atoms with Gasteiger partial charge in [-0.15, -0.1) is 0 Å². The molecule has 5 heteroatoms. The topological polar surface area (TPSA) is 83.6 Å². The van der Waals surface area contributed by atoms with Gasteiger partial charge in [-0.25, -0.2) is 0 Å². The van der Waals surface area contributed by atoms with Crippen LogP contribution in [0.1, 0.15) is 32.6 Å². The summed E-state index contributed by atoms with van der Waals surface area (Å²) in [5.41, 5.74) is 4.30. The fraction of sp³-hybridized carbons (Fsp3) is 0.800. The van der Waals surface area contributed by atoms with Crippen molar-refractivity contribution in [1.29, 1.82) is 0 Å². The lowest BCUT2D eigenvalue weighted by molar-refractivity contribution is -0.150. The lowest BCUT2D eigenvalue weighted by Crippen LogP contribution is -2.50. The van der Waals surface area contributed by atoms with Crippen molar-refractivity contribution in [3.63, 3.8) is 0 Å². The highest BCUT2D eigenvalue weighted by Gasteiger charge is 2.45. The van der Waals surface area contributed by atoms with E-state index < -0.39 is 11.5 Å². The maximum absolute atomic E-state index is 11.3. The number of hydrogen-bond donors (Lipinski definition) is 2. The number of nitrogens with two attached hydrogens (primary N) is 1. The summed E-state index contributed by atoms with van der Waals surface area (Å²) in [4.78, 5) is 23.8. The Kier molecular flexibility index (Phi) is 3.68. The van der Waals surface area contributed by atoms with Crippen molar-refractivity contribution in [3.8, 4) is 0 Å². The fourth-order valence-electron chi connectivity index (χ4n) is 2.30. The number of rotatable bonds is 5. The van der Waals surface area contributed by atoms with Gasteiger partial charge in [-0.05, 0) is 25.8 Å². The number of amides is 1. The average Bonchev–Trinajstić information content (AvgIpc) is 2.58. The first-order valence-corrected chi connectivity index (χ1v) is 5.29. The highest BCUT2D eigenvalue weighted by Crippen LogP contribution is 2.32. The van der Waals surface area contributed by atoms with Gasteiger partial charge >= 0.3 is 5.97 Å². The molecule has 1 saturated heterocycles. The number of carbonyl (C=O) groups excluding carboxylic acids is 1. The number of primary amides is 1. The molecule has 1 fully saturated rings. The van der Waals surface area contributed by atoms with E-state index in [1.54, 1.807) is 0 Å². The zero-order valence-corrected chi connectivity index (χ0v) is 9.03. The third kappa shape index (κ3) is 2.28. The van der Waals surface area contributed by atoms with Crippen molar-refractivity contribution in [2.45, 2.75) is 38.1 Å². The Bertz CT molecular complexity index is 267. The fourth-order valence-corrected chi connectivity index (χ4v) is 2.30. The molecule has 0 spiro atoms. The minimum absolute atomic E-state index is 0.231. The summed E-state index contributed by atoms with van der Waals surface area (Å²) in [6, 6.07) is 0. The van der Waals surface area contributed by atoms with Crippen LogP contribution < -0.4 is 5.73 Å². The molecule has 1 amide bonds. The molecule has 5 nitrogen and oxygen atoms in total. The van der Waals surface area contributed by atoms with Crippen molar-refractivity contribution in [1.82, 2.24) is 4.90 Å². The minimum Gasteiger partial charge on any atom is -0.480 e. The Hall–Kier alpha value is -1.10. The molecule has 0 aromatic rings. The van der Waals surface area contributed by atoms with E-state index in [1.165, 1.54) is 0 Å². The van der Waals surface area contributed by atoms with E-state index in [9.17, 15) is 14.7 Å². The molecule has 0 bridgehead atoms. The van der Waals surface area contributed by atoms with Crippen LogP contribution in [0.5, 0.6) is 0 Å². The molecule has 0 radical (unpaired) electrons. The molecule has 0 aliphatic carbocycles. The Morgan fingerprint density at radius 2 is 2.20 bits per heavy atom. The summed E-state index contributed by atoms with van der Waals surface area (Å²) in [6.45, 7) is 3.07. The molecule has 0 aromatic carbocycles. The number of carbonyl (C=O) groups is 2. The van der Waals surface area contributed by atoms with Crippen molar-refractivity contribution >= 4 is 11.9 Å². The first kappa shape index (κ1) is 12.0. The largest absolute Gasteiger partial charge is 0.480 e. The Morgan fingerprint density at radius 3 is 2.67 bits per heavy atom. The monoisotopic (exact) mass is 214 g/mol. The Labute approximate surface area is 89.2 Å². The van der Waals surface area contributed by atoms with E-state index in [4.69, 9.17) is 5.73 Å². The van der Waals surface area contributed by atoms with Crippen LogP contribution in [0.15, 0.2) is 0 Å². The number of carboxylic acid groups (broad SMARTS) is 1. The summed E-state index contributed by atoms with van der Waals surface area (Å²) in [5.74, 6) is -1.16. The predicted molar refractivity (Wildman–Crippen MR) is 55.3 cm³/mol. The Morgan fingerprint density at radius 1 is 1.53 bits per heavy atom. The number of carboxylic acids is 1. The van der Waals surface area contributed by atoms with Crippen molar-refractivity contribution in [2.75, 3.05) is 13.1 Å². The number of aliphatic carboxylic acids is 1. The molecular weight excluding hydrogens is 196 g/mol. The van der Waals surface area contributed by atoms with Gasteiger partial charge in [-0.2, -0.15) is 0 Å². The highest BCUT2D eigenvalue weighted by molar-refractivity contribution is 5.79. The first-order valence-electron chi connectivity index (χ1n) is 5.29. The van der Waals surface area contributed by atoms with Gasteiger partial charge in [0.05, 0.1) is 0 Å². The molecule has 1 heterocycles. The summed E-state index contributed by atoms with van der Waals surface area (Å²) in [6.07, 6.45) is 2.34. The third-order valence-corrected chi connectivity index (χ3v) is 3.23. The summed E-state index contributed by atoms with van der Waals surface area (Å²) >= 11 is 0. The quantitative estimate of drug-likeness (QED) is 0.684. The average molecular weight is 214 g/mol. The van der Waals surface area contributed by atoms with E-state index in [0.717, 1.165) is 13.0 Å². The van der Waals surface area contributed by atoms with Gasteiger partial charge in [0.25, 0.3) is 0 Å². The van der Waals surface area contributed by atoms with E-state index in [1.807, 2.05) is 11.8 Å². The first-order chi connectivity index (χ1) is 7.03. The van der Waals surface area contributed by atoms with Crippen molar-refractivity contribution < 1.29 is 14.7 Å². The van der Waals surface area contributed by atoms with Crippen molar-refractivity contribution in [2.24, 2.45) is 5.73 Å². The molecule has 1 aliphatic rings. The predicted octanol–water partition coefficient (Wildman–Crippen LogP) is 0.191. The molecule has 86 valence electrons. The molecule has 15 heavy (non-hydrogen) atoms. The lowest BCUT2D eigenvalue weighted by atomic mass is 9.93. The van der Waals surface area contributed by atoms with Crippen LogP contribution in [0.25, 0.3) is 0 Å². The summed E-state index contributed by atoms with van der Waals surface area (Å²) in [7, 11) is 0. The van der Waals surface area contributed by atoms with Crippen LogP contribution in [-0.2, 0) is 9.59 Å². The second-order valence-corrected chi connectivity index (χ2v) is 4.00. The maximum atomic E-state index is 11.3. The van der Waals surface area contributed by atoms with Gasteiger partial charge in [0.15, 0.2) is 0 Å². The molecular formula is C10H18N2O3. The van der Waals surface area contributed by atoms with E-state index in [0.29, 0.717) is 19.4 Å². The molecule has 3 N–H and O–H groups in total.